The Morgan fingerprint density at radius 3 is 2.90 bits per heavy atom. The van der Waals surface area contributed by atoms with Crippen LogP contribution in [-0.4, -0.2) is 17.8 Å². The lowest BCUT2D eigenvalue weighted by Gasteiger charge is -2.25. The Bertz CT molecular complexity index is 87.3. The first-order valence-electron chi connectivity index (χ1n) is 4.06. The van der Waals surface area contributed by atoms with Crippen LogP contribution in [0.5, 0.6) is 0 Å². The monoisotopic (exact) mass is 160 g/mol. The molecule has 1 heterocycles. The second kappa shape index (κ2) is 4.24. The largest absolute Gasteiger partial charge is 0.367 e. The molecule has 1 aliphatic rings. The summed E-state index contributed by atoms with van der Waals surface area (Å²) >= 11 is 1.97. The Balaban J connectivity index is 2.13. The summed E-state index contributed by atoms with van der Waals surface area (Å²) in [6.07, 6.45) is 2.46. The standard InChI is InChI=1S/C8H16OS/c1-3-4-8-9-5-7(2)6-10-8/h7-8H,3-6H2,1-2H3/t7-,8-/m0/s1. The zero-order valence-corrected chi connectivity index (χ0v) is 7.62. The molecule has 0 amide bonds. The normalized spacial score (nSPS) is 34.2. The zero-order chi connectivity index (χ0) is 7.40. The molecule has 0 bridgehead atoms. The number of ether oxygens (including phenoxy) is 1. The minimum Gasteiger partial charge on any atom is -0.367 e. The van der Waals surface area contributed by atoms with Crippen LogP contribution in [0.4, 0.5) is 0 Å². The van der Waals surface area contributed by atoms with E-state index in [0.29, 0.717) is 5.44 Å². The molecule has 1 rings (SSSR count). The molecule has 0 aromatic rings. The zero-order valence-electron chi connectivity index (χ0n) is 6.80. The van der Waals surface area contributed by atoms with Crippen molar-refractivity contribution in [3.8, 4) is 0 Å². The fraction of sp³-hybridized carbons (Fsp3) is 1.00. The van der Waals surface area contributed by atoms with Gasteiger partial charge >= 0.3 is 0 Å². The van der Waals surface area contributed by atoms with Gasteiger partial charge in [-0.15, -0.1) is 11.8 Å². The van der Waals surface area contributed by atoms with Crippen LogP contribution in [0.2, 0.25) is 0 Å². The number of rotatable bonds is 2. The average molecular weight is 160 g/mol. The Hall–Kier alpha value is 0.310. The van der Waals surface area contributed by atoms with Crippen molar-refractivity contribution < 1.29 is 4.74 Å². The van der Waals surface area contributed by atoms with Gasteiger partial charge in [-0.2, -0.15) is 0 Å². The van der Waals surface area contributed by atoms with Gasteiger partial charge in [-0.05, 0) is 12.3 Å². The van der Waals surface area contributed by atoms with E-state index in [9.17, 15) is 0 Å². The summed E-state index contributed by atoms with van der Waals surface area (Å²) in [7, 11) is 0. The van der Waals surface area contributed by atoms with Crippen molar-refractivity contribution in [1.82, 2.24) is 0 Å². The molecular weight excluding hydrogens is 144 g/mol. The maximum atomic E-state index is 5.59. The molecule has 1 aliphatic heterocycles. The molecule has 10 heavy (non-hydrogen) atoms. The lowest BCUT2D eigenvalue weighted by atomic mass is 10.2. The van der Waals surface area contributed by atoms with E-state index in [1.54, 1.807) is 0 Å². The molecule has 2 atom stereocenters. The van der Waals surface area contributed by atoms with Crippen molar-refractivity contribution in [2.75, 3.05) is 12.4 Å². The molecule has 1 nitrogen and oxygen atoms in total. The Labute approximate surface area is 67.5 Å². The van der Waals surface area contributed by atoms with Crippen LogP contribution in [0, 0.1) is 5.92 Å². The van der Waals surface area contributed by atoms with E-state index in [1.165, 1.54) is 18.6 Å². The van der Waals surface area contributed by atoms with Gasteiger partial charge in [-0.25, -0.2) is 0 Å². The summed E-state index contributed by atoms with van der Waals surface area (Å²) in [5.41, 5.74) is 0.501. The number of hydrogen-bond donors (Lipinski definition) is 0. The van der Waals surface area contributed by atoms with Gasteiger partial charge in [0.25, 0.3) is 0 Å². The fourth-order valence-corrected chi connectivity index (χ4v) is 2.26. The van der Waals surface area contributed by atoms with E-state index >= 15 is 0 Å². The summed E-state index contributed by atoms with van der Waals surface area (Å²) in [6, 6.07) is 0. The van der Waals surface area contributed by atoms with Crippen LogP contribution in [0.1, 0.15) is 26.7 Å². The molecule has 0 aromatic carbocycles. The van der Waals surface area contributed by atoms with Crippen LogP contribution < -0.4 is 0 Å². The molecule has 0 radical (unpaired) electrons. The third-order valence-electron chi connectivity index (χ3n) is 1.66. The molecule has 1 fully saturated rings. The van der Waals surface area contributed by atoms with E-state index in [0.717, 1.165) is 12.5 Å². The van der Waals surface area contributed by atoms with Gasteiger partial charge in [-0.1, -0.05) is 20.3 Å². The second-order valence-corrected chi connectivity index (χ2v) is 4.18. The highest BCUT2D eigenvalue weighted by Crippen LogP contribution is 2.25. The van der Waals surface area contributed by atoms with E-state index in [1.807, 2.05) is 11.8 Å². The average Bonchev–Trinajstić information content (AvgIpc) is 1.95. The van der Waals surface area contributed by atoms with Gasteiger partial charge < -0.3 is 4.74 Å². The predicted octanol–water partition coefficient (Wildman–Crippen LogP) is 2.51. The summed E-state index contributed by atoms with van der Waals surface area (Å²) in [5, 5.41) is 0. The molecule has 0 aliphatic carbocycles. The third-order valence-corrected chi connectivity index (χ3v) is 3.16. The number of thioether (sulfide) groups is 1. The van der Waals surface area contributed by atoms with Gasteiger partial charge in [0.15, 0.2) is 0 Å². The Kier molecular flexibility index (Phi) is 3.57. The first-order chi connectivity index (χ1) is 4.83. The van der Waals surface area contributed by atoms with Crippen molar-refractivity contribution >= 4 is 11.8 Å². The smallest absolute Gasteiger partial charge is 0.103 e. The van der Waals surface area contributed by atoms with E-state index < -0.39 is 0 Å². The van der Waals surface area contributed by atoms with Gasteiger partial charge in [0.1, 0.15) is 5.44 Å². The predicted molar refractivity (Wildman–Crippen MR) is 46.3 cm³/mol. The topological polar surface area (TPSA) is 9.23 Å². The second-order valence-electron chi connectivity index (χ2n) is 2.99. The fourth-order valence-electron chi connectivity index (χ4n) is 1.04. The van der Waals surface area contributed by atoms with Crippen LogP contribution in [0.3, 0.4) is 0 Å². The molecule has 60 valence electrons. The minimum atomic E-state index is 0.501. The van der Waals surface area contributed by atoms with Gasteiger partial charge in [0.2, 0.25) is 0 Å². The molecule has 2 heteroatoms. The molecular formula is C8H16OS. The van der Waals surface area contributed by atoms with Crippen molar-refractivity contribution in [3.63, 3.8) is 0 Å². The van der Waals surface area contributed by atoms with Crippen molar-refractivity contribution in [2.24, 2.45) is 5.92 Å². The molecule has 0 unspecified atom stereocenters. The van der Waals surface area contributed by atoms with Crippen LogP contribution in [0.25, 0.3) is 0 Å². The van der Waals surface area contributed by atoms with Crippen LogP contribution in [0.15, 0.2) is 0 Å². The van der Waals surface area contributed by atoms with Crippen LogP contribution >= 0.6 is 11.8 Å². The minimum absolute atomic E-state index is 0.501. The molecule has 0 N–H and O–H groups in total. The van der Waals surface area contributed by atoms with Crippen molar-refractivity contribution in [2.45, 2.75) is 32.1 Å². The molecule has 0 spiro atoms. The van der Waals surface area contributed by atoms with Crippen molar-refractivity contribution in [3.05, 3.63) is 0 Å². The number of hydrogen-bond acceptors (Lipinski definition) is 2. The maximum Gasteiger partial charge on any atom is 0.103 e. The highest BCUT2D eigenvalue weighted by atomic mass is 32.2. The Morgan fingerprint density at radius 1 is 1.60 bits per heavy atom. The quantitative estimate of drug-likeness (QED) is 0.614. The van der Waals surface area contributed by atoms with Gasteiger partial charge in [-0.3, -0.25) is 0 Å². The maximum absolute atomic E-state index is 5.59. The lowest BCUT2D eigenvalue weighted by Crippen LogP contribution is -2.22. The molecule has 1 saturated heterocycles. The van der Waals surface area contributed by atoms with E-state index in [4.69, 9.17) is 4.74 Å². The highest BCUT2D eigenvalue weighted by Gasteiger charge is 2.17. The highest BCUT2D eigenvalue weighted by molar-refractivity contribution is 7.99. The molecule has 0 saturated carbocycles. The lowest BCUT2D eigenvalue weighted by molar-refractivity contribution is 0.0762. The van der Waals surface area contributed by atoms with Crippen LogP contribution in [-0.2, 0) is 4.74 Å². The van der Waals surface area contributed by atoms with Crippen molar-refractivity contribution in [1.29, 1.82) is 0 Å². The first kappa shape index (κ1) is 8.41. The third kappa shape index (κ3) is 2.51. The summed E-state index contributed by atoms with van der Waals surface area (Å²) in [5.74, 6) is 2.04. The van der Waals surface area contributed by atoms with E-state index in [2.05, 4.69) is 13.8 Å². The van der Waals surface area contributed by atoms with E-state index in [-0.39, 0.29) is 0 Å². The first-order valence-corrected chi connectivity index (χ1v) is 5.11. The molecule has 0 aromatic heterocycles. The van der Waals surface area contributed by atoms with Gasteiger partial charge in [0, 0.05) is 5.75 Å². The SMILES string of the molecule is CCC[C@H]1OC[C@H](C)CS1. The summed E-state index contributed by atoms with van der Waals surface area (Å²) < 4.78 is 5.59. The summed E-state index contributed by atoms with van der Waals surface area (Å²) in [6.45, 7) is 5.43. The summed E-state index contributed by atoms with van der Waals surface area (Å²) in [4.78, 5) is 0. The Morgan fingerprint density at radius 2 is 2.40 bits per heavy atom. The van der Waals surface area contributed by atoms with Gasteiger partial charge in [0.05, 0.1) is 6.61 Å².